The predicted molar refractivity (Wildman–Crippen MR) is 194 cm³/mol. The van der Waals surface area contributed by atoms with Crippen LogP contribution in [0.1, 0.15) is 212 Å². The maximum atomic E-state index is 11.8. The van der Waals surface area contributed by atoms with E-state index in [9.17, 15) is 19.8 Å². The van der Waals surface area contributed by atoms with E-state index >= 15 is 0 Å². The fourth-order valence-electron chi connectivity index (χ4n) is 6.23. The molecule has 0 aromatic carbocycles. The van der Waals surface area contributed by atoms with Gasteiger partial charge in [0.15, 0.2) is 0 Å². The monoisotopic (exact) mass is 664 g/mol. The van der Waals surface area contributed by atoms with Crippen LogP contribution in [0.2, 0.25) is 0 Å². The first-order valence-corrected chi connectivity index (χ1v) is 20.0. The number of aromatic hydroxyl groups is 2. The molecule has 0 amide bonds. The molecule has 0 aliphatic carbocycles. The van der Waals surface area contributed by atoms with Crippen LogP contribution in [0.15, 0.2) is 12.1 Å². The Morgan fingerprint density at radius 3 is 1.06 bits per heavy atom. The van der Waals surface area contributed by atoms with Gasteiger partial charge in [-0.1, -0.05) is 193 Å². The van der Waals surface area contributed by atoms with Gasteiger partial charge in [0.05, 0.1) is 19.4 Å². The highest BCUT2D eigenvalue weighted by molar-refractivity contribution is 5.77. The summed E-state index contributed by atoms with van der Waals surface area (Å²) in [6.07, 6.45) is 41.0. The van der Waals surface area contributed by atoms with Crippen molar-refractivity contribution in [1.29, 1.82) is 0 Å². The number of aromatic nitrogens is 1. The molecule has 7 nitrogen and oxygen atoms in total. The lowest BCUT2D eigenvalue weighted by Crippen LogP contribution is -2.20. The minimum Gasteiger partial charge on any atom is -0.492 e. The summed E-state index contributed by atoms with van der Waals surface area (Å²) < 4.78 is 5.79. The van der Waals surface area contributed by atoms with Crippen molar-refractivity contribution in [2.24, 2.45) is 0 Å². The van der Waals surface area contributed by atoms with E-state index in [2.05, 4.69) is 6.92 Å². The van der Waals surface area contributed by atoms with Crippen LogP contribution in [0.25, 0.3) is 0 Å². The van der Waals surface area contributed by atoms with Gasteiger partial charge < -0.3 is 19.8 Å². The van der Waals surface area contributed by atoms with Crippen molar-refractivity contribution in [2.75, 3.05) is 6.61 Å². The van der Waals surface area contributed by atoms with Crippen molar-refractivity contribution in [3.05, 3.63) is 12.1 Å². The van der Waals surface area contributed by atoms with E-state index in [-0.39, 0.29) is 12.8 Å². The number of carbonyl (C=O) groups is 2. The summed E-state index contributed by atoms with van der Waals surface area (Å²) in [6.45, 7) is 2.66. The summed E-state index contributed by atoms with van der Waals surface area (Å²) >= 11 is 0. The molecule has 274 valence electrons. The zero-order valence-corrected chi connectivity index (χ0v) is 30.5. The fourth-order valence-corrected chi connectivity index (χ4v) is 6.23. The maximum absolute atomic E-state index is 11.8. The Hall–Kier alpha value is -2.18. The Labute approximate surface area is 288 Å². The Kier molecular flexibility index (Phi) is 29.5. The highest BCUT2D eigenvalue weighted by atomic mass is 16.7. The second-order valence-electron chi connectivity index (χ2n) is 13.8. The maximum Gasteiger partial charge on any atom is 0.333 e. The molecule has 7 heteroatoms. The Morgan fingerprint density at radius 1 is 0.468 bits per heavy atom. The van der Waals surface area contributed by atoms with Crippen LogP contribution in [0, 0.1) is 0 Å². The van der Waals surface area contributed by atoms with E-state index < -0.39 is 23.7 Å². The van der Waals surface area contributed by atoms with Gasteiger partial charge in [0.1, 0.15) is 0 Å². The molecule has 47 heavy (non-hydrogen) atoms. The van der Waals surface area contributed by atoms with Gasteiger partial charge in [0, 0.05) is 12.1 Å². The summed E-state index contributed by atoms with van der Waals surface area (Å²) in [5, 5.41) is 18.9. The number of rotatable bonds is 35. The number of carbonyl (C=O) groups excluding carboxylic acids is 2. The SMILES string of the molecule is CCCCCCCCCCCCCCCCCCCCCCCCCCCCCCCCOC(=O)CCC(=O)On1c(O)ccc1O. The molecule has 0 atom stereocenters. The van der Waals surface area contributed by atoms with E-state index in [1.807, 2.05) is 0 Å². The lowest BCUT2D eigenvalue weighted by atomic mass is 10.0. The summed E-state index contributed by atoms with van der Waals surface area (Å²) in [5.74, 6) is -1.97. The lowest BCUT2D eigenvalue weighted by Gasteiger charge is -2.07. The van der Waals surface area contributed by atoms with Crippen LogP contribution in [0.5, 0.6) is 11.8 Å². The second-order valence-corrected chi connectivity index (χ2v) is 13.8. The van der Waals surface area contributed by atoms with Gasteiger partial charge in [0.2, 0.25) is 11.8 Å². The summed E-state index contributed by atoms with van der Waals surface area (Å²) in [7, 11) is 0. The normalized spacial score (nSPS) is 11.3. The van der Waals surface area contributed by atoms with Crippen LogP contribution < -0.4 is 4.84 Å². The van der Waals surface area contributed by atoms with Crippen molar-refractivity contribution < 1.29 is 29.4 Å². The van der Waals surface area contributed by atoms with Gasteiger partial charge in [-0.15, -0.1) is 4.73 Å². The predicted octanol–water partition coefficient (Wildman–Crippen LogP) is 11.9. The molecule has 1 rings (SSSR count). The Balaban J connectivity index is 1.70. The first-order valence-electron chi connectivity index (χ1n) is 20.0. The minimum atomic E-state index is -0.736. The average molecular weight is 664 g/mol. The van der Waals surface area contributed by atoms with Crippen molar-refractivity contribution in [3.8, 4) is 11.8 Å². The van der Waals surface area contributed by atoms with Crippen LogP contribution in [0.4, 0.5) is 0 Å². The van der Waals surface area contributed by atoms with Crippen molar-refractivity contribution >= 4 is 11.9 Å². The molecule has 0 radical (unpaired) electrons. The quantitative estimate of drug-likeness (QED) is 0.0554. The first kappa shape index (κ1) is 42.8. The van der Waals surface area contributed by atoms with Gasteiger partial charge in [-0.05, 0) is 6.42 Å². The van der Waals surface area contributed by atoms with E-state index in [4.69, 9.17) is 9.57 Å². The Morgan fingerprint density at radius 2 is 0.745 bits per heavy atom. The van der Waals surface area contributed by atoms with Crippen LogP contribution in [-0.2, 0) is 14.3 Å². The van der Waals surface area contributed by atoms with Gasteiger partial charge in [0.25, 0.3) is 0 Å². The highest BCUT2D eigenvalue weighted by Gasteiger charge is 2.14. The van der Waals surface area contributed by atoms with E-state index in [0.717, 1.165) is 19.3 Å². The van der Waals surface area contributed by atoms with Gasteiger partial charge in [-0.25, -0.2) is 4.79 Å². The average Bonchev–Trinajstić information content (AvgIpc) is 3.38. The minimum absolute atomic E-state index is 0.0960. The van der Waals surface area contributed by atoms with Gasteiger partial charge in [-0.3, -0.25) is 4.79 Å². The molecule has 0 unspecified atom stereocenters. The van der Waals surface area contributed by atoms with Crippen molar-refractivity contribution in [1.82, 2.24) is 4.73 Å². The lowest BCUT2D eigenvalue weighted by molar-refractivity contribution is -0.151. The van der Waals surface area contributed by atoms with Crippen molar-refractivity contribution in [3.63, 3.8) is 0 Å². The summed E-state index contributed by atoms with van der Waals surface area (Å²) in [6, 6.07) is 2.39. The zero-order valence-electron chi connectivity index (χ0n) is 30.5. The van der Waals surface area contributed by atoms with E-state index in [1.165, 1.54) is 185 Å². The smallest absolute Gasteiger partial charge is 0.333 e. The molecule has 0 saturated carbocycles. The first-order chi connectivity index (χ1) is 23.0. The third-order valence-electron chi connectivity index (χ3n) is 9.28. The number of hydrogen-bond acceptors (Lipinski definition) is 6. The van der Waals surface area contributed by atoms with Gasteiger partial charge >= 0.3 is 11.9 Å². The number of ether oxygens (including phenoxy) is 1. The molecule has 1 aromatic heterocycles. The molecule has 1 aromatic rings. The number of hydrogen-bond donors (Lipinski definition) is 2. The molecule has 0 bridgehead atoms. The van der Waals surface area contributed by atoms with Crippen LogP contribution in [-0.4, -0.2) is 33.5 Å². The number of nitrogens with zero attached hydrogens (tertiary/aromatic N) is 1. The van der Waals surface area contributed by atoms with Gasteiger partial charge in [-0.2, -0.15) is 0 Å². The fraction of sp³-hybridized carbons (Fsp3) is 0.850. The third-order valence-corrected chi connectivity index (χ3v) is 9.28. The molecule has 0 saturated heterocycles. The number of esters is 1. The molecule has 2 N–H and O–H groups in total. The molecule has 0 fully saturated rings. The molecule has 0 aliphatic heterocycles. The zero-order chi connectivity index (χ0) is 34.0. The van der Waals surface area contributed by atoms with Crippen molar-refractivity contribution in [2.45, 2.75) is 212 Å². The molecular formula is C40H73NO6. The Bertz CT molecular complexity index is 834. The summed E-state index contributed by atoms with van der Waals surface area (Å²) in [5.41, 5.74) is 0. The molecule has 0 spiro atoms. The van der Waals surface area contributed by atoms with E-state index in [0.29, 0.717) is 11.3 Å². The van der Waals surface area contributed by atoms with Crippen LogP contribution in [0.3, 0.4) is 0 Å². The third kappa shape index (κ3) is 27.5. The summed E-state index contributed by atoms with van der Waals surface area (Å²) in [4.78, 5) is 28.4. The number of unbranched alkanes of at least 4 members (excludes halogenated alkanes) is 29. The topological polar surface area (TPSA) is 98.0 Å². The highest BCUT2D eigenvalue weighted by Crippen LogP contribution is 2.19. The largest absolute Gasteiger partial charge is 0.492 e. The van der Waals surface area contributed by atoms with Crippen LogP contribution >= 0.6 is 0 Å². The standard InChI is InChI=1S/C40H73NO6/c1-2-3-4-5-6-7-8-9-10-11-12-13-14-15-16-17-18-19-20-21-22-23-24-25-26-27-28-29-30-31-36-46-39(44)34-35-40(45)47-41-37(42)32-33-38(41)43/h32-33,42-43H,2-31,34-36H2,1H3. The van der Waals surface area contributed by atoms with E-state index in [1.54, 1.807) is 0 Å². The molecular weight excluding hydrogens is 590 g/mol. The molecule has 1 heterocycles. The second kappa shape index (κ2) is 32.4. The molecule has 0 aliphatic rings.